The van der Waals surface area contributed by atoms with E-state index < -0.39 is 0 Å². The number of halogens is 2. The Hall–Kier alpha value is -0.770. The van der Waals surface area contributed by atoms with E-state index >= 15 is 0 Å². The van der Waals surface area contributed by atoms with Gasteiger partial charge in [-0.05, 0) is 37.6 Å². The lowest BCUT2D eigenvalue weighted by atomic mass is 9.93. The Balaban J connectivity index is 0.00000361. The molecule has 1 rings (SSSR count). The fourth-order valence-electron chi connectivity index (χ4n) is 2.04. The van der Waals surface area contributed by atoms with Gasteiger partial charge in [0.25, 0.3) is 0 Å². The number of carbonyl (C=O) groups is 1. The quantitative estimate of drug-likeness (QED) is 0.873. The lowest BCUT2D eigenvalue weighted by molar-refractivity contribution is -0.132. The van der Waals surface area contributed by atoms with Crippen LogP contribution in [0.1, 0.15) is 38.2 Å². The number of amides is 1. The number of nitrogens with zero attached hydrogens (tertiary/aromatic N) is 1. The molecule has 1 aromatic rings. The second kappa shape index (κ2) is 9.22. The molecule has 3 nitrogen and oxygen atoms in total. The van der Waals surface area contributed by atoms with Crippen molar-refractivity contribution in [2.75, 3.05) is 13.6 Å². The van der Waals surface area contributed by atoms with Crippen molar-refractivity contribution < 1.29 is 4.79 Å². The van der Waals surface area contributed by atoms with Crippen LogP contribution in [0.2, 0.25) is 5.02 Å². The average Bonchev–Trinajstić information content (AvgIpc) is 2.43. The fraction of sp³-hybridized carbons (Fsp3) is 0.533. The standard InChI is InChI=1S/C15H23ClN2O.ClH/c1-11(13-6-8-14(16)9-7-13)12(2)18(3)15(19)5-4-10-17;/h6-9,11-12H,4-5,10,17H2,1-3H3;1H. The van der Waals surface area contributed by atoms with Crippen LogP contribution < -0.4 is 5.73 Å². The predicted molar refractivity (Wildman–Crippen MR) is 87.6 cm³/mol. The summed E-state index contributed by atoms with van der Waals surface area (Å²) >= 11 is 5.89. The molecule has 0 bridgehead atoms. The van der Waals surface area contributed by atoms with E-state index in [9.17, 15) is 4.79 Å². The van der Waals surface area contributed by atoms with Crippen LogP contribution in [0.4, 0.5) is 0 Å². The van der Waals surface area contributed by atoms with Crippen molar-refractivity contribution >= 4 is 29.9 Å². The maximum Gasteiger partial charge on any atom is 0.222 e. The lowest BCUT2D eigenvalue weighted by Gasteiger charge is -2.30. The smallest absolute Gasteiger partial charge is 0.222 e. The molecule has 0 heterocycles. The average molecular weight is 319 g/mol. The number of nitrogens with two attached hydrogens (primary N) is 1. The van der Waals surface area contributed by atoms with E-state index in [4.69, 9.17) is 17.3 Å². The van der Waals surface area contributed by atoms with Crippen molar-refractivity contribution in [3.8, 4) is 0 Å². The Morgan fingerprint density at radius 3 is 2.35 bits per heavy atom. The van der Waals surface area contributed by atoms with E-state index in [-0.39, 0.29) is 30.3 Å². The summed E-state index contributed by atoms with van der Waals surface area (Å²) in [5.74, 6) is 0.419. The third-order valence-electron chi connectivity index (χ3n) is 3.72. The topological polar surface area (TPSA) is 46.3 Å². The molecule has 114 valence electrons. The lowest BCUT2D eigenvalue weighted by Crippen LogP contribution is -2.38. The van der Waals surface area contributed by atoms with Gasteiger partial charge < -0.3 is 10.6 Å². The maximum absolute atomic E-state index is 12.0. The zero-order chi connectivity index (χ0) is 14.4. The molecule has 2 unspecified atom stereocenters. The molecule has 5 heteroatoms. The molecule has 2 atom stereocenters. The van der Waals surface area contributed by atoms with Gasteiger partial charge in [0.15, 0.2) is 0 Å². The zero-order valence-electron chi connectivity index (χ0n) is 12.3. The normalized spacial score (nSPS) is 13.2. The molecule has 20 heavy (non-hydrogen) atoms. The van der Waals surface area contributed by atoms with E-state index in [1.807, 2.05) is 36.2 Å². The van der Waals surface area contributed by atoms with Gasteiger partial charge in [-0.1, -0.05) is 30.7 Å². The summed E-state index contributed by atoms with van der Waals surface area (Å²) in [7, 11) is 1.86. The van der Waals surface area contributed by atoms with E-state index in [2.05, 4.69) is 13.8 Å². The van der Waals surface area contributed by atoms with Crippen LogP contribution in [0, 0.1) is 0 Å². The highest BCUT2D eigenvalue weighted by molar-refractivity contribution is 6.30. The largest absolute Gasteiger partial charge is 0.342 e. The van der Waals surface area contributed by atoms with Gasteiger partial charge in [0.1, 0.15) is 0 Å². The highest BCUT2D eigenvalue weighted by Crippen LogP contribution is 2.24. The molecule has 0 aliphatic rings. The van der Waals surface area contributed by atoms with Crippen LogP contribution in [0.5, 0.6) is 0 Å². The predicted octanol–water partition coefficient (Wildman–Crippen LogP) is 3.45. The van der Waals surface area contributed by atoms with Crippen LogP contribution in [0.15, 0.2) is 24.3 Å². The summed E-state index contributed by atoms with van der Waals surface area (Å²) < 4.78 is 0. The van der Waals surface area contributed by atoms with Gasteiger partial charge in [-0.3, -0.25) is 4.79 Å². The number of likely N-dealkylation sites (N-methyl/N-ethyl adjacent to an activating group) is 1. The summed E-state index contributed by atoms with van der Waals surface area (Å²) in [6, 6.07) is 7.95. The second-order valence-electron chi connectivity index (χ2n) is 4.98. The Kier molecular flexibility index (Phi) is 8.86. The number of carbonyl (C=O) groups excluding carboxylic acids is 1. The molecule has 0 spiro atoms. The van der Waals surface area contributed by atoms with Gasteiger partial charge in [0.05, 0.1) is 0 Å². The second-order valence-corrected chi connectivity index (χ2v) is 5.41. The minimum atomic E-state index is 0. The maximum atomic E-state index is 12.0. The summed E-state index contributed by atoms with van der Waals surface area (Å²) in [6.07, 6.45) is 1.26. The molecule has 0 aromatic heterocycles. The summed E-state index contributed by atoms with van der Waals surface area (Å²) in [5.41, 5.74) is 6.63. The zero-order valence-corrected chi connectivity index (χ0v) is 13.9. The first-order valence-electron chi connectivity index (χ1n) is 6.68. The molecule has 0 fully saturated rings. The van der Waals surface area contributed by atoms with E-state index in [1.165, 1.54) is 5.56 Å². The molecule has 0 aliphatic carbocycles. The van der Waals surface area contributed by atoms with Crippen molar-refractivity contribution in [3.63, 3.8) is 0 Å². The van der Waals surface area contributed by atoms with Gasteiger partial charge in [0, 0.05) is 30.5 Å². The van der Waals surface area contributed by atoms with Crippen LogP contribution in [0.25, 0.3) is 0 Å². The van der Waals surface area contributed by atoms with E-state index in [1.54, 1.807) is 0 Å². The molecule has 0 saturated heterocycles. The van der Waals surface area contributed by atoms with Gasteiger partial charge in [-0.2, -0.15) is 0 Å². The van der Waals surface area contributed by atoms with Crippen molar-refractivity contribution in [1.29, 1.82) is 0 Å². The molecule has 0 radical (unpaired) electrons. The minimum absolute atomic E-state index is 0. The minimum Gasteiger partial charge on any atom is -0.342 e. The first kappa shape index (κ1) is 19.2. The molecule has 1 aromatic carbocycles. The van der Waals surface area contributed by atoms with E-state index in [0.717, 1.165) is 11.4 Å². The number of rotatable bonds is 6. The SMILES string of the molecule is CC(c1ccc(Cl)cc1)C(C)N(C)C(=O)CCCN.Cl. The number of benzene rings is 1. The Labute approximate surface area is 132 Å². The first-order valence-corrected chi connectivity index (χ1v) is 7.06. The first-order chi connectivity index (χ1) is 8.97. The van der Waals surface area contributed by atoms with Gasteiger partial charge >= 0.3 is 0 Å². The van der Waals surface area contributed by atoms with Crippen LogP contribution in [0.3, 0.4) is 0 Å². The summed E-state index contributed by atoms with van der Waals surface area (Å²) in [5, 5.41) is 0.732. The van der Waals surface area contributed by atoms with Gasteiger partial charge in [0.2, 0.25) is 5.91 Å². The van der Waals surface area contributed by atoms with Crippen LogP contribution in [-0.2, 0) is 4.79 Å². The van der Waals surface area contributed by atoms with Crippen molar-refractivity contribution in [2.24, 2.45) is 5.73 Å². The third kappa shape index (κ3) is 5.31. The molecule has 0 aliphatic heterocycles. The molecule has 2 N–H and O–H groups in total. The number of hydrogen-bond donors (Lipinski definition) is 1. The summed E-state index contributed by atoms with van der Waals surface area (Å²) in [4.78, 5) is 13.8. The van der Waals surface area contributed by atoms with E-state index in [0.29, 0.717) is 13.0 Å². The van der Waals surface area contributed by atoms with Crippen molar-refractivity contribution in [1.82, 2.24) is 4.90 Å². The third-order valence-corrected chi connectivity index (χ3v) is 3.97. The van der Waals surface area contributed by atoms with Crippen LogP contribution >= 0.6 is 24.0 Å². The molecular weight excluding hydrogens is 295 g/mol. The van der Waals surface area contributed by atoms with Crippen molar-refractivity contribution in [3.05, 3.63) is 34.9 Å². The van der Waals surface area contributed by atoms with Gasteiger partial charge in [-0.25, -0.2) is 0 Å². The highest BCUT2D eigenvalue weighted by Gasteiger charge is 2.21. The van der Waals surface area contributed by atoms with Crippen LogP contribution in [-0.4, -0.2) is 30.4 Å². The molecule has 1 amide bonds. The Morgan fingerprint density at radius 1 is 1.30 bits per heavy atom. The fourth-order valence-corrected chi connectivity index (χ4v) is 2.16. The Bertz CT molecular complexity index is 409. The highest BCUT2D eigenvalue weighted by atomic mass is 35.5. The summed E-state index contributed by atoms with van der Waals surface area (Å²) in [6.45, 7) is 4.75. The van der Waals surface area contributed by atoms with Crippen molar-refractivity contribution in [2.45, 2.75) is 38.6 Å². The molecular formula is C15H24Cl2N2O. The molecule has 0 saturated carbocycles. The Morgan fingerprint density at radius 2 is 1.85 bits per heavy atom. The number of hydrogen-bond acceptors (Lipinski definition) is 2. The van der Waals surface area contributed by atoms with Gasteiger partial charge in [-0.15, -0.1) is 12.4 Å². The monoisotopic (exact) mass is 318 g/mol.